The molecule has 1 N–H and O–H groups in total. The largest absolute Gasteiger partial charge is 0.480 e. The van der Waals surface area contributed by atoms with Gasteiger partial charge in [-0.05, 0) is 18.1 Å². The van der Waals surface area contributed by atoms with Gasteiger partial charge in [0.15, 0.2) is 5.82 Å². The minimum Gasteiger partial charge on any atom is -0.480 e. The number of carboxylic acid groups (broad SMARTS) is 1. The van der Waals surface area contributed by atoms with Crippen LogP contribution in [0.15, 0.2) is 29.1 Å². The van der Waals surface area contributed by atoms with Gasteiger partial charge in [0.05, 0.1) is 5.02 Å². The Balaban J connectivity index is 2.61. The summed E-state index contributed by atoms with van der Waals surface area (Å²) in [5, 5.41) is 13.5. The molecular formula is C14H16ClN3O3. The zero-order valence-corrected chi connectivity index (χ0v) is 12.5. The fourth-order valence-corrected chi connectivity index (χ4v) is 2.26. The van der Waals surface area contributed by atoms with Gasteiger partial charge < -0.3 is 5.11 Å². The first-order chi connectivity index (χ1) is 9.90. The van der Waals surface area contributed by atoms with Gasteiger partial charge in [0.25, 0.3) is 0 Å². The van der Waals surface area contributed by atoms with Crippen LogP contribution in [0.5, 0.6) is 0 Å². The monoisotopic (exact) mass is 309 g/mol. The molecular weight excluding hydrogens is 294 g/mol. The molecule has 0 saturated carbocycles. The zero-order chi connectivity index (χ0) is 15.6. The number of aromatic nitrogens is 3. The van der Waals surface area contributed by atoms with Crippen LogP contribution in [-0.4, -0.2) is 25.4 Å². The Bertz CT molecular complexity index is 718. The fourth-order valence-electron chi connectivity index (χ4n) is 2.04. The van der Waals surface area contributed by atoms with Crippen LogP contribution in [0.4, 0.5) is 0 Å². The molecule has 0 aliphatic carbocycles. The number of benzene rings is 1. The van der Waals surface area contributed by atoms with E-state index in [-0.39, 0.29) is 5.92 Å². The summed E-state index contributed by atoms with van der Waals surface area (Å²) in [4.78, 5) is 23.1. The molecule has 112 valence electrons. The molecule has 0 aliphatic rings. The lowest BCUT2D eigenvalue weighted by atomic mass is 10.2. The first kappa shape index (κ1) is 15.3. The van der Waals surface area contributed by atoms with Crippen LogP contribution in [0.2, 0.25) is 5.02 Å². The van der Waals surface area contributed by atoms with Crippen molar-refractivity contribution < 1.29 is 9.90 Å². The quantitative estimate of drug-likeness (QED) is 0.917. The average molecular weight is 310 g/mol. The lowest BCUT2D eigenvalue weighted by Gasteiger charge is -2.09. The third-order valence-electron chi connectivity index (χ3n) is 2.87. The Kier molecular flexibility index (Phi) is 4.47. The lowest BCUT2D eigenvalue weighted by molar-refractivity contribution is -0.137. The van der Waals surface area contributed by atoms with Gasteiger partial charge in [0, 0.05) is 12.1 Å². The Labute approximate surface area is 126 Å². The number of nitrogens with zero attached hydrogens (tertiary/aromatic N) is 3. The van der Waals surface area contributed by atoms with Crippen LogP contribution in [0.3, 0.4) is 0 Å². The van der Waals surface area contributed by atoms with E-state index in [4.69, 9.17) is 16.7 Å². The molecule has 21 heavy (non-hydrogen) atoms. The molecule has 0 fully saturated rings. The van der Waals surface area contributed by atoms with Gasteiger partial charge in [-0.3, -0.25) is 9.36 Å². The van der Waals surface area contributed by atoms with Gasteiger partial charge >= 0.3 is 11.7 Å². The highest BCUT2D eigenvalue weighted by Gasteiger charge is 2.18. The van der Waals surface area contributed by atoms with Crippen LogP contribution in [0, 0.1) is 5.92 Å². The van der Waals surface area contributed by atoms with Crippen molar-refractivity contribution in [3.63, 3.8) is 0 Å². The Morgan fingerprint density at radius 1 is 1.38 bits per heavy atom. The Morgan fingerprint density at radius 3 is 2.62 bits per heavy atom. The minimum atomic E-state index is -1.11. The summed E-state index contributed by atoms with van der Waals surface area (Å²) in [6.45, 7) is 3.91. The maximum Gasteiger partial charge on any atom is 0.346 e. The standard InChI is InChI=1S/C14H16ClN3O3/c1-9(2)7-17-13(10-5-3-4-6-11(10)15)16-18(14(17)21)8-12(19)20/h3-6,9H,7-8H2,1-2H3,(H,19,20). The molecule has 0 spiro atoms. The molecule has 0 aliphatic heterocycles. The maximum atomic E-state index is 12.3. The molecule has 6 nitrogen and oxygen atoms in total. The number of hydrogen-bond donors (Lipinski definition) is 1. The number of rotatable bonds is 5. The van der Waals surface area contributed by atoms with E-state index in [0.29, 0.717) is 23.0 Å². The molecule has 1 aromatic heterocycles. The second kappa shape index (κ2) is 6.13. The van der Waals surface area contributed by atoms with Crippen molar-refractivity contribution in [2.24, 2.45) is 5.92 Å². The molecule has 0 atom stereocenters. The van der Waals surface area contributed by atoms with E-state index in [2.05, 4.69) is 5.10 Å². The van der Waals surface area contributed by atoms with E-state index in [9.17, 15) is 9.59 Å². The summed E-state index contributed by atoms with van der Waals surface area (Å²) < 4.78 is 2.41. The molecule has 2 aromatic rings. The third kappa shape index (κ3) is 3.33. The highest BCUT2D eigenvalue weighted by molar-refractivity contribution is 6.33. The maximum absolute atomic E-state index is 12.3. The summed E-state index contributed by atoms with van der Waals surface area (Å²) >= 11 is 6.15. The van der Waals surface area contributed by atoms with E-state index < -0.39 is 18.2 Å². The van der Waals surface area contributed by atoms with Gasteiger partial charge in [-0.2, -0.15) is 0 Å². The van der Waals surface area contributed by atoms with Crippen LogP contribution >= 0.6 is 11.6 Å². The van der Waals surface area contributed by atoms with Gasteiger partial charge in [-0.25, -0.2) is 9.48 Å². The van der Waals surface area contributed by atoms with Crippen molar-refractivity contribution in [1.82, 2.24) is 14.3 Å². The van der Waals surface area contributed by atoms with E-state index in [1.54, 1.807) is 24.3 Å². The molecule has 1 heterocycles. The smallest absolute Gasteiger partial charge is 0.346 e. The SMILES string of the molecule is CC(C)Cn1c(-c2ccccc2Cl)nn(CC(=O)O)c1=O. The Morgan fingerprint density at radius 2 is 2.05 bits per heavy atom. The minimum absolute atomic E-state index is 0.214. The van der Waals surface area contributed by atoms with E-state index >= 15 is 0 Å². The second-order valence-electron chi connectivity index (χ2n) is 5.14. The summed E-state index contributed by atoms with van der Waals surface area (Å²) in [6, 6.07) is 7.04. The number of carbonyl (C=O) groups is 1. The van der Waals surface area contributed by atoms with Gasteiger partial charge in [-0.1, -0.05) is 37.6 Å². The third-order valence-corrected chi connectivity index (χ3v) is 3.20. The molecule has 0 saturated heterocycles. The van der Waals surface area contributed by atoms with Crippen molar-refractivity contribution in [2.75, 3.05) is 0 Å². The highest BCUT2D eigenvalue weighted by Crippen LogP contribution is 2.25. The summed E-state index contributed by atoms with van der Waals surface area (Å²) in [7, 11) is 0. The number of carboxylic acids is 1. The molecule has 0 unspecified atom stereocenters. The molecule has 0 amide bonds. The van der Waals surface area contributed by atoms with E-state index in [1.807, 2.05) is 13.8 Å². The van der Waals surface area contributed by atoms with Crippen molar-refractivity contribution in [1.29, 1.82) is 0 Å². The lowest BCUT2D eigenvalue weighted by Crippen LogP contribution is -2.28. The fraction of sp³-hybridized carbons (Fsp3) is 0.357. The summed E-state index contributed by atoms with van der Waals surface area (Å²) in [5.74, 6) is -0.510. The number of halogens is 1. The topological polar surface area (TPSA) is 77.1 Å². The number of aliphatic carboxylic acids is 1. The van der Waals surface area contributed by atoms with Crippen LogP contribution in [-0.2, 0) is 17.9 Å². The van der Waals surface area contributed by atoms with Crippen LogP contribution in [0.1, 0.15) is 13.8 Å². The predicted molar refractivity (Wildman–Crippen MR) is 79.4 cm³/mol. The highest BCUT2D eigenvalue weighted by atomic mass is 35.5. The predicted octanol–water partition coefficient (Wildman–Crippen LogP) is 2.11. The zero-order valence-electron chi connectivity index (χ0n) is 11.8. The van der Waals surface area contributed by atoms with Crippen LogP contribution < -0.4 is 5.69 Å². The second-order valence-corrected chi connectivity index (χ2v) is 5.55. The number of hydrogen-bond acceptors (Lipinski definition) is 3. The Hall–Kier alpha value is -2.08. The first-order valence-corrected chi connectivity index (χ1v) is 6.92. The van der Waals surface area contributed by atoms with E-state index in [1.165, 1.54) is 4.57 Å². The van der Waals surface area contributed by atoms with Gasteiger partial charge in [0.1, 0.15) is 6.54 Å². The molecule has 0 bridgehead atoms. The van der Waals surface area contributed by atoms with Crippen molar-refractivity contribution in [2.45, 2.75) is 26.9 Å². The van der Waals surface area contributed by atoms with Crippen LogP contribution in [0.25, 0.3) is 11.4 Å². The molecule has 0 radical (unpaired) electrons. The summed E-state index contributed by atoms with van der Waals surface area (Å²) in [6.07, 6.45) is 0. The first-order valence-electron chi connectivity index (χ1n) is 6.54. The normalized spacial score (nSPS) is 11.0. The molecule has 2 rings (SSSR count). The van der Waals surface area contributed by atoms with Gasteiger partial charge in [-0.15, -0.1) is 5.10 Å². The van der Waals surface area contributed by atoms with Gasteiger partial charge in [0.2, 0.25) is 0 Å². The molecule has 1 aromatic carbocycles. The molecule has 7 heteroatoms. The van der Waals surface area contributed by atoms with Crippen molar-refractivity contribution >= 4 is 17.6 Å². The van der Waals surface area contributed by atoms with E-state index in [0.717, 1.165) is 4.68 Å². The van der Waals surface area contributed by atoms with Crippen molar-refractivity contribution in [3.05, 3.63) is 39.8 Å². The summed E-state index contributed by atoms with van der Waals surface area (Å²) in [5.41, 5.74) is 0.169. The van der Waals surface area contributed by atoms with Crippen molar-refractivity contribution in [3.8, 4) is 11.4 Å². The average Bonchev–Trinajstić information content (AvgIpc) is 2.67.